The quantitative estimate of drug-likeness (QED) is 0.538. The van der Waals surface area contributed by atoms with E-state index < -0.39 is 0 Å². The molecule has 0 radical (unpaired) electrons. The lowest BCUT2D eigenvalue weighted by atomic mass is 10.2. The molecule has 0 N–H and O–H groups in total. The Labute approximate surface area is 63.1 Å². The monoisotopic (exact) mass is 140 g/mol. The molecule has 58 valence electrons. The molecule has 1 unspecified atom stereocenters. The molecule has 0 spiro atoms. The topological polar surface area (TPSA) is 6.48 Å². The summed E-state index contributed by atoms with van der Waals surface area (Å²) in [6, 6.07) is 0. The van der Waals surface area contributed by atoms with Crippen molar-refractivity contribution in [2.24, 2.45) is 0 Å². The summed E-state index contributed by atoms with van der Waals surface area (Å²) in [5.74, 6) is 0. The molecule has 2 heteroatoms. The van der Waals surface area contributed by atoms with Crippen molar-refractivity contribution in [3.05, 3.63) is 12.3 Å². The molecule has 1 aliphatic rings. The van der Waals surface area contributed by atoms with Crippen molar-refractivity contribution < 1.29 is 0 Å². The maximum absolute atomic E-state index is 2.25. The molecule has 2 nitrogen and oxygen atoms in total. The molecule has 0 saturated carbocycles. The number of hydrogen-bond donors (Lipinski definition) is 0. The highest BCUT2D eigenvalue weighted by Crippen LogP contribution is 2.13. The first kappa shape index (κ1) is 7.61. The second kappa shape index (κ2) is 3.06. The van der Waals surface area contributed by atoms with Crippen LogP contribution in [0.4, 0.5) is 0 Å². The fraction of sp³-hybridized carbons (Fsp3) is 0.750. The highest BCUT2D eigenvalue weighted by molar-refractivity contribution is 4.90. The van der Waals surface area contributed by atoms with Gasteiger partial charge in [-0.25, -0.2) is 0 Å². The van der Waals surface area contributed by atoms with Crippen molar-refractivity contribution in [3.8, 4) is 0 Å². The van der Waals surface area contributed by atoms with Gasteiger partial charge in [0.2, 0.25) is 0 Å². The second-order valence-electron chi connectivity index (χ2n) is 3.07. The summed E-state index contributed by atoms with van der Waals surface area (Å²) in [5, 5.41) is 0. The molecular weight excluding hydrogens is 124 g/mol. The maximum atomic E-state index is 2.25. The lowest BCUT2D eigenvalue weighted by Gasteiger charge is -2.34. The minimum absolute atomic E-state index is 0.602. The van der Waals surface area contributed by atoms with E-state index in [-0.39, 0.29) is 0 Å². The smallest absolute Gasteiger partial charge is 0.0809 e. The van der Waals surface area contributed by atoms with Crippen molar-refractivity contribution in [2.75, 3.05) is 21.1 Å². The Morgan fingerprint density at radius 3 is 2.60 bits per heavy atom. The van der Waals surface area contributed by atoms with Crippen molar-refractivity contribution in [2.45, 2.75) is 19.0 Å². The fourth-order valence-electron chi connectivity index (χ4n) is 1.41. The van der Waals surface area contributed by atoms with Gasteiger partial charge >= 0.3 is 0 Å². The van der Waals surface area contributed by atoms with Crippen LogP contribution in [0.15, 0.2) is 12.3 Å². The van der Waals surface area contributed by atoms with Gasteiger partial charge in [0.05, 0.1) is 6.17 Å². The minimum atomic E-state index is 0.602. The van der Waals surface area contributed by atoms with Crippen molar-refractivity contribution >= 4 is 0 Å². The van der Waals surface area contributed by atoms with Gasteiger partial charge in [-0.3, -0.25) is 4.90 Å². The molecule has 1 rings (SSSR count). The van der Waals surface area contributed by atoms with E-state index in [1.807, 2.05) is 0 Å². The number of allylic oxidation sites excluding steroid dienone is 1. The number of nitrogens with zero attached hydrogens (tertiary/aromatic N) is 2. The van der Waals surface area contributed by atoms with E-state index in [0.717, 1.165) is 0 Å². The molecule has 0 aromatic heterocycles. The summed E-state index contributed by atoms with van der Waals surface area (Å²) in [4.78, 5) is 4.51. The van der Waals surface area contributed by atoms with Crippen LogP contribution in [0.3, 0.4) is 0 Å². The van der Waals surface area contributed by atoms with E-state index in [1.54, 1.807) is 0 Å². The Bertz CT molecular complexity index is 129. The van der Waals surface area contributed by atoms with Gasteiger partial charge in [-0.2, -0.15) is 0 Å². The summed E-state index contributed by atoms with van der Waals surface area (Å²) in [6.07, 6.45) is 7.45. The number of hydrogen-bond acceptors (Lipinski definition) is 2. The van der Waals surface area contributed by atoms with Crippen LogP contribution in [0.1, 0.15) is 12.8 Å². The fourth-order valence-corrected chi connectivity index (χ4v) is 1.41. The Morgan fingerprint density at radius 2 is 2.20 bits per heavy atom. The molecule has 0 aromatic carbocycles. The molecule has 0 fully saturated rings. The molecular formula is C8H16N2. The summed E-state index contributed by atoms with van der Waals surface area (Å²) >= 11 is 0. The Hall–Kier alpha value is -0.500. The van der Waals surface area contributed by atoms with E-state index in [9.17, 15) is 0 Å². The molecule has 1 atom stereocenters. The lowest BCUT2D eigenvalue weighted by Crippen LogP contribution is -2.41. The van der Waals surface area contributed by atoms with Gasteiger partial charge in [0, 0.05) is 7.05 Å². The highest BCUT2D eigenvalue weighted by atomic mass is 15.3. The van der Waals surface area contributed by atoms with Crippen LogP contribution < -0.4 is 0 Å². The van der Waals surface area contributed by atoms with Crippen LogP contribution in [-0.4, -0.2) is 37.1 Å². The molecule has 0 saturated heterocycles. The SMILES string of the molecule is CN(C)C1CCC=CN1C. The molecule has 0 aliphatic carbocycles. The largest absolute Gasteiger partial charge is 0.365 e. The van der Waals surface area contributed by atoms with E-state index in [2.05, 4.69) is 43.2 Å². The van der Waals surface area contributed by atoms with Crippen molar-refractivity contribution in [3.63, 3.8) is 0 Å². The first-order valence-electron chi connectivity index (χ1n) is 3.77. The Kier molecular flexibility index (Phi) is 2.33. The third kappa shape index (κ3) is 1.51. The van der Waals surface area contributed by atoms with Gasteiger partial charge in [0.1, 0.15) is 0 Å². The summed E-state index contributed by atoms with van der Waals surface area (Å²) in [7, 11) is 6.38. The zero-order valence-electron chi connectivity index (χ0n) is 7.04. The van der Waals surface area contributed by atoms with E-state index in [4.69, 9.17) is 0 Å². The first-order valence-corrected chi connectivity index (χ1v) is 3.77. The van der Waals surface area contributed by atoms with Gasteiger partial charge in [0.15, 0.2) is 0 Å². The standard InChI is InChI=1S/C8H16N2/c1-9(2)8-6-4-5-7-10(8)3/h5,7-8H,4,6H2,1-3H3. The summed E-state index contributed by atoms with van der Waals surface area (Å²) in [6.45, 7) is 0. The minimum Gasteiger partial charge on any atom is -0.365 e. The zero-order valence-corrected chi connectivity index (χ0v) is 7.04. The lowest BCUT2D eigenvalue weighted by molar-refractivity contribution is 0.131. The predicted octanol–water partition coefficient (Wildman–Crippen LogP) is 1.11. The van der Waals surface area contributed by atoms with Crippen molar-refractivity contribution in [1.29, 1.82) is 0 Å². The van der Waals surface area contributed by atoms with Gasteiger partial charge in [-0.05, 0) is 33.1 Å². The van der Waals surface area contributed by atoms with Crippen LogP contribution in [0.5, 0.6) is 0 Å². The molecule has 0 bridgehead atoms. The average molecular weight is 140 g/mol. The molecule has 0 aromatic rings. The van der Waals surface area contributed by atoms with E-state index in [0.29, 0.717) is 6.17 Å². The second-order valence-corrected chi connectivity index (χ2v) is 3.07. The van der Waals surface area contributed by atoms with Crippen molar-refractivity contribution in [1.82, 2.24) is 9.80 Å². The van der Waals surface area contributed by atoms with E-state index >= 15 is 0 Å². The Morgan fingerprint density at radius 1 is 1.50 bits per heavy atom. The van der Waals surface area contributed by atoms with E-state index in [1.165, 1.54) is 12.8 Å². The zero-order chi connectivity index (χ0) is 7.56. The third-order valence-electron chi connectivity index (χ3n) is 2.00. The third-order valence-corrected chi connectivity index (χ3v) is 2.00. The van der Waals surface area contributed by atoms with Crippen LogP contribution in [0, 0.1) is 0 Å². The van der Waals surface area contributed by atoms with Gasteiger partial charge < -0.3 is 4.90 Å². The van der Waals surface area contributed by atoms with Gasteiger partial charge in [-0.1, -0.05) is 6.08 Å². The van der Waals surface area contributed by atoms with Crippen LogP contribution >= 0.6 is 0 Å². The molecule has 0 amide bonds. The van der Waals surface area contributed by atoms with Crippen LogP contribution in [0.2, 0.25) is 0 Å². The summed E-state index contributed by atoms with van der Waals surface area (Å²) < 4.78 is 0. The molecule has 1 aliphatic heterocycles. The van der Waals surface area contributed by atoms with Crippen LogP contribution in [-0.2, 0) is 0 Å². The number of rotatable bonds is 1. The van der Waals surface area contributed by atoms with Gasteiger partial charge in [-0.15, -0.1) is 0 Å². The normalized spacial score (nSPS) is 26.0. The first-order chi connectivity index (χ1) is 4.72. The summed E-state index contributed by atoms with van der Waals surface area (Å²) in [5.41, 5.74) is 0. The highest BCUT2D eigenvalue weighted by Gasteiger charge is 2.15. The maximum Gasteiger partial charge on any atom is 0.0809 e. The van der Waals surface area contributed by atoms with Crippen LogP contribution in [0.25, 0.3) is 0 Å². The predicted molar refractivity (Wildman–Crippen MR) is 43.6 cm³/mol. The Balaban J connectivity index is 2.52. The average Bonchev–Trinajstić information content (AvgIpc) is 1.88. The molecule has 10 heavy (non-hydrogen) atoms. The van der Waals surface area contributed by atoms with Gasteiger partial charge in [0.25, 0.3) is 0 Å². The molecule has 1 heterocycles.